The molecule has 1 atom stereocenters. The standard InChI is InChI=1S/C31H18O8S/c32-31(39-17-1-6-21(7-2-17)40(33,34)35)30-25(23-14-19-4-9-28(23)37-19)11-16(22-13-18-3-8-27(22)36-18)12-26(30)24-15-20-5-10-29(24)38-20/h1-6,8-15,21H,7H2,(H,33,34,35). The Morgan fingerprint density at radius 1 is 0.750 bits per heavy atom. The molecule has 0 radical (unpaired) electrons. The van der Waals surface area contributed by atoms with Gasteiger partial charge in [0.2, 0.25) is 0 Å². The molecule has 196 valence electrons. The topological polar surface area (TPSA) is 120 Å². The lowest BCUT2D eigenvalue weighted by atomic mass is 9.87. The summed E-state index contributed by atoms with van der Waals surface area (Å²) in [6.45, 7) is 0. The molecule has 1 aliphatic rings. The highest BCUT2D eigenvalue weighted by Crippen LogP contribution is 2.45. The van der Waals surface area contributed by atoms with Crippen molar-refractivity contribution in [3.05, 3.63) is 96.3 Å². The Hall–Kier alpha value is -4.86. The number of furan rings is 6. The first-order valence-corrected chi connectivity index (χ1v) is 14.0. The van der Waals surface area contributed by atoms with Crippen LogP contribution in [0.4, 0.5) is 0 Å². The van der Waals surface area contributed by atoms with Crippen LogP contribution in [0.2, 0.25) is 0 Å². The SMILES string of the molecule is O=C(OC1=CCC(S(=O)(=O)O)C=C1)c1c(-c2cc3ccc2o3)cc(-c2cc3ccc2o3)cc1-c1cc2ccc1o2. The summed E-state index contributed by atoms with van der Waals surface area (Å²) in [5.74, 6) is -0.443. The van der Waals surface area contributed by atoms with Gasteiger partial charge in [0.1, 0.15) is 44.5 Å². The molecule has 40 heavy (non-hydrogen) atoms. The molecule has 8 nitrogen and oxygen atoms in total. The summed E-state index contributed by atoms with van der Waals surface area (Å²) >= 11 is 0. The van der Waals surface area contributed by atoms with Gasteiger partial charge in [-0.25, -0.2) is 4.79 Å². The number of carbonyl (C=O) groups excluding carboxylic acids is 1. The van der Waals surface area contributed by atoms with Gasteiger partial charge in [0, 0.05) is 27.8 Å². The Kier molecular flexibility index (Phi) is 4.66. The van der Waals surface area contributed by atoms with Crippen LogP contribution >= 0.6 is 0 Å². The van der Waals surface area contributed by atoms with Crippen LogP contribution < -0.4 is 0 Å². The van der Waals surface area contributed by atoms with E-state index in [9.17, 15) is 17.8 Å². The van der Waals surface area contributed by atoms with Gasteiger partial charge >= 0.3 is 5.97 Å². The maximum atomic E-state index is 14.0. The fourth-order valence-corrected chi connectivity index (χ4v) is 6.11. The molecule has 1 aliphatic carbocycles. The summed E-state index contributed by atoms with van der Waals surface area (Å²) in [4.78, 5) is 14.0. The number of ether oxygens (including phenoxy) is 1. The van der Waals surface area contributed by atoms with E-state index in [4.69, 9.17) is 18.0 Å². The summed E-state index contributed by atoms with van der Waals surface area (Å²) in [5.41, 5.74) is 8.83. The second-order valence-corrected chi connectivity index (χ2v) is 11.5. The predicted molar refractivity (Wildman–Crippen MR) is 148 cm³/mol. The molecule has 8 rings (SSSR count). The zero-order chi connectivity index (χ0) is 27.2. The van der Waals surface area contributed by atoms with Gasteiger partial charge in [0.05, 0.1) is 5.56 Å². The monoisotopic (exact) mass is 550 g/mol. The number of fused-ring (bicyclic) bond motifs is 6. The van der Waals surface area contributed by atoms with Crippen LogP contribution in [0.5, 0.6) is 0 Å². The molecule has 6 aromatic heterocycles. The third-order valence-electron chi connectivity index (χ3n) is 7.39. The molecule has 1 unspecified atom stereocenters. The van der Waals surface area contributed by atoms with Crippen molar-refractivity contribution in [3.8, 4) is 33.4 Å². The number of benzene rings is 4. The Morgan fingerprint density at radius 3 is 1.68 bits per heavy atom. The molecule has 1 N–H and O–H groups in total. The van der Waals surface area contributed by atoms with Crippen molar-refractivity contribution in [2.75, 3.05) is 0 Å². The third kappa shape index (κ3) is 3.55. The first-order chi connectivity index (χ1) is 19.3. The molecule has 6 heterocycles. The van der Waals surface area contributed by atoms with E-state index in [-0.39, 0.29) is 12.2 Å². The Balaban J connectivity index is 1.32. The summed E-state index contributed by atoms with van der Waals surface area (Å²) in [6.07, 6.45) is 4.14. The van der Waals surface area contributed by atoms with Crippen molar-refractivity contribution in [3.63, 3.8) is 0 Å². The van der Waals surface area contributed by atoms with Gasteiger partial charge in [0.25, 0.3) is 10.1 Å². The molecule has 0 saturated heterocycles. The molecular formula is C31H18O8S. The minimum atomic E-state index is -4.25. The number of rotatable bonds is 6. The Bertz CT molecular complexity index is 2140. The minimum absolute atomic E-state index is 0.0181. The first-order valence-electron chi connectivity index (χ1n) is 12.5. The molecule has 1 aromatic carbocycles. The van der Waals surface area contributed by atoms with Crippen molar-refractivity contribution >= 4 is 49.6 Å². The summed E-state index contributed by atoms with van der Waals surface area (Å²) in [7, 11) is -4.25. The van der Waals surface area contributed by atoms with Gasteiger partial charge in [0.15, 0.2) is 0 Å². The number of hydrogen-bond donors (Lipinski definition) is 1. The molecule has 6 bridgehead atoms. The van der Waals surface area contributed by atoms with E-state index in [1.807, 2.05) is 66.7 Å². The molecular weight excluding hydrogens is 532 g/mol. The lowest BCUT2D eigenvalue weighted by Gasteiger charge is -2.18. The van der Waals surface area contributed by atoms with Crippen LogP contribution in [0, 0.1) is 0 Å². The van der Waals surface area contributed by atoms with Crippen molar-refractivity contribution in [2.45, 2.75) is 11.7 Å². The van der Waals surface area contributed by atoms with E-state index in [0.29, 0.717) is 39.0 Å². The predicted octanol–water partition coefficient (Wildman–Crippen LogP) is 7.50. The second kappa shape index (κ2) is 8.08. The normalized spacial score (nSPS) is 16.1. The van der Waals surface area contributed by atoms with Gasteiger partial charge in [-0.05, 0) is 90.9 Å². The molecule has 0 spiro atoms. The maximum absolute atomic E-state index is 14.0. The van der Waals surface area contributed by atoms with Crippen molar-refractivity contribution < 1.29 is 35.8 Å². The highest BCUT2D eigenvalue weighted by Gasteiger charge is 2.29. The van der Waals surface area contributed by atoms with Gasteiger partial charge in [-0.1, -0.05) is 6.08 Å². The van der Waals surface area contributed by atoms with Crippen LogP contribution in [0.15, 0.2) is 104 Å². The quantitative estimate of drug-likeness (QED) is 0.167. The molecule has 0 fully saturated rings. The van der Waals surface area contributed by atoms with Gasteiger partial charge < -0.3 is 18.0 Å². The zero-order valence-electron chi connectivity index (χ0n) is 20.6. The van der Waals surface area contributed by atoms with Gasteiger partial charge in [-0.15, -0.1) is 0 Å². The van der Waals surface area contributed by atoms with Gasteiger partial charge in [-0.2, -0.15) is 8.42 Å². The lowest BCUT2D eigenvalue weighted by Crippen LogP contribution is -2.19. The largest absolute Gasteiger partial charge is 0.457 e. The molecule has 0 saturated carbocycles. The molecule has 0 amide bonds. The van der Waals surface area contributed by atoms with Crippen LogP contribution in [-0.4, -0.2) is 24.2 Å². The fraction of sp³-hybridized carbons (Fsp3) is 0.0645. The van der Waals surface area contributed by atoms with E-state index in [0.717, 1.165) is 33.4 Å². The first kappa shape index (κ1) is 23.1. The summed E-state index contributed by atoms with van der Waals surface area (Å²) < 4.78 is 55.8. The van der Waals surface area contributed by atoms with Crippen molar-refractivity contribution in [1.29, 1.82) is 0 Å². The maximum Gasteiger partial charge on any atom is 0.344 e. The zero-order valence-corrected chi connectivity index (χ0v) is 21.4. The van der Waals surface area contributed by atoms with Crippen molar-refractivity contribution in [1.82, 2.24) is 0 Å². The Morgan fingerprint density at radius 2 is 1.27 bits per heavy atom. The van der Waals surface area contributed by atoms with E-state index in [1.165, 1.54) is 18.2 Å². The second-order valence-electron chi connectivity index (χ2n) is 9.87. The van der Waals surface area contributed by atoms with Crippen LogP contribution in [0.3, 0.4) is 0 Å². The molecule has 0 aliphatic heterocycles. The summed E-state index contributed by atoms with van der Waals surface area (Å²) in [5, 5.41) is -1.09. The highest BCUT2D eigenvalue weighted by atomic mass is 32.2. The van der Waals surface area contributed by atoms with Crippen molar-refractivity contribution in [2.24, 2.45) is 0 Å². The number of carbonyl (C=O) groups is 1. The smallest absolute Gasteiger partial charge is 0.344 e. The van der Waals surface area contributed by atoms with E-state index in [1.54, 1.807) is 0 Å². The Labute approximate surface area is 226 Å². The molecule has 7 aromatic rings. The van der Waals surface area contributed by atoms with E-state index < -0.39 is 21.3 Å². The number of allylic oxidation sites excluding steroid dienone is 2. The average Bonchev–Trinajstić information content (AvgIpc) is 3.80. The van der Waals surface area contributed by atoms with E-state index in [2.05, 4.69) is 0 Å². The van der Waals surface area contributed by atoms with Gasteiger partial charge in [-0.3, -0.25) is 4.55 Å². The molecule has 9 heteroatoms. The van der Waals surface area contributed by atoms with E-state index >= 15 is 0 Å². The number of hydrogen-bond acceptors (Lipinski definition) is 7. The minimum Gasteiger partial charge on any atom is -0.457 e. The van der Waals surface area contributed by atoms with Crippen LogP contribution in [0.1, 0.15) is 16.8 Å². The summed E-state index contributed by atoms with van der Waals surface area (Å²) in [6, 6.07) is 20.8. The average molecular weight is 551 g/mol. The third-order valence-corrected chi connectivity index (χ3v) is 8.50. The number of esters is 1. The van der Waals surface area contributed by atoms with Crippen LogP contribution in [-0.2, 0) is 14.9 Å². The fourth-order valence-electron chi connectivity index (χ4n) is 5.49. The lowest BCUT2D eigenvalue weighted by molar-refractivity contribution is 0.0637. The highest BCUT2D eigenvalue weighted by molar-refractivity contribution is 7.86. The van der Waals surface area contributed by atoms with Crippen LogP contribution in [0.25, 0.3) is 66.9 Å².